The zero-order valence-corrected chi connectivity index (χ0v) is 14.4. The molecule has 6 heteroatoms. The Morgan fingerprint density at radius 3 is 2.18 bits per heavy atom. The van der Waals surface area contributed by atoms with Gasteiger partial charge in [0.25, 0.3) is 5.91 Å². The fourth-order valence-electron chi connectivity index (χ4n) is 2.64. The molecule has 0 bridgehead atoms. The molecule has 1 saturated heterocycles. The number of ether oxygens (including phenoxy) is 2. The number of benzene rings is 1. The van der Waals surface area contributed by atoms with E-state index in [1.807, 2.05) is 11.8 Å². The average Bonchev–Trinajstić information content (AvgIpc) is 2.71. The maximum absolute atomic E-state index is 12.7. The van der Waals surface area contributed by atoms with Crippen molar-refractivity contribution in [3.8, 4) is 11.5 Å². The highest BCUT2D eigenvalue weighted by molar-refractivity contribution is 5.95. The largest absolute Gasteiger partial charge is 1.00 e. The number of hydrogen-bond acceptors (Lipinski definition) is 4. The number of rotatable bonds is 3. The van der Waals surface area contributed by atoms with Gasteiger partial charge in [0, 0.05) is 30.8 Å². The summed E-state index contributed by atoms with van der Waals surface area (Å²) in [4.78, 5) is 16.9. The van der Waals surface area contributed by atoms with Crippen molar-refractivity contribution < 1.29 is 26.7 Å². The van der Waals surface area contributed by atoms with E-state index >= 15 is 0 Å². The van der Waals surface area contributed by atoms with Crippen LogP contribution in [0, 0.1) is 6.92 Å². The number of carbonyl (C=O) groups excluding carboxylic acids is 1. The highest BCUT2D eigenvalue weighted by Crippen LogP contribution is 2.30. The number of amides is 1. The third-order valence-corrected chi connectivity index (χ3v) is 4.01. The van der Waals surface area contributed by atoms with Gasteiger partial charge in [-0.05, 0) is 39.1 Å². The Bertz CT molecular complexity index is 497. The molecule has 1 fully saturated rings. The highest BCUT2D eigenvalue weighted by Gasteiger charge is 2.21. The summed E-state index contributed by atoms with van der Waals surface area (Å²) in [6.45, 7) is 5.42. The van der Waals surface area contributed by atoms with Gasteiger partial charge in [-0.15, -0.1) is 0 Å². The minimum absolute atomic E-state index is 0. The van der Waals surface area contributed by atoms with Gasteiger partial charge in [-0.2, -0.15) is 0 Å². The summed E-state index contributed by atoms with van der Waals surface area (Å²) in [5.41, 5.74) is 1.53. The summed E-state index contributed by atoms with van der Waals surface area (Å²) in [6.07, 6.45) is 1.00. The van der Waals surface area contributed by atoms with E-state index in [0.717, 1.165) is 38.2 Å². The molecule has 22 heavy (non-hydrogen) atoms. The topological polar surface area (TPSA) is 42.0 Å². The van der Waals surface area contributed by atoms with Crippen LogP contribution < -0.4 is 21.9 Å². The Balaban J connectivity index is 0.00000242. The Labute approximate surface area is 138 Å². The van der Waals surface area contributed by atoms with E-state index in [0.29, 0.717) is 17.1 Å². The number of nitrogens with zero attached hydrogens (tertiary/aromatic N) is 2. The molecule has 0 spiro atoms. The molecule has 0 unspecified atom stereocenters. The first-order valence-electron chi connectivity index (χ1n) is 7.27. The average molecular weight is 328 g/mol. The van der Waals surface area contributed by atoms with Crippen molar-refractivity contribution in [3.05, 3.63) is 23.3 Å². The van der Waals surface area contributed by atoms with Crippen molar-refractivity contribution in [2.75, 3.05) is 47.4 Å². The van der Waals surface area contributed by atoms with Crippen LogP contribution in [0.25, 0.3) is 0 Å². The van der Waals surface area contributed by atoms with Crippen LogP contribution in [0.5, 0.6) is 11.5 Å². The van der Waals surface area contributed by atoms with Crippen molar-refractivity contribution in [1.82, 2.24) is 9.80 Å². The molecule has 1 aliphatic rings. The SMILES string of the molecule is COc1cc(C(=O)N2CCCN(C)CC2)cc(OC)c1C.[Cl-]. The Kier molecular flexibility index (Phi) is 6.97. The molecule has 5 nitrogen and oxygen atoms in total. The van der Waals surface area contributed by atoms with Crippen LogP contribution >= 0.6 is 0 Å². The Hall–Kier alpha value is -1.46. The fraction of sp³-hybridized carbons (Fsp3) is 0.562. The van der Waals surface area contributed by atoms with Gasteiger partial charge in [0.05, 0.1) is 14.2 Å². The molecule has 1 amide bonds. The first kappa shape index (κ1) is 18.6. The van der Waals surface area contributed by atoms with Crippen LogP contribution in [0.1, 0.15) is 22.3 Å². The second-order valence-electron chi connectivity index (χ2n) is 5.45. The van der Waals surface area contributed by atoms with Gasteiger partial charge in [-0.3, -0.25) is 4.79 Å². The second-order valence-corrected chi connectivity index (χ2v) is 5.45. The summed E-state index contributed by atoms with van der Waals surface area (Å²) in [5, 5.41) is 0. The monoisotopic (exact) mass is 327 g/mol. The zero-order valence-electron chi connectivity index (χ0n) is 13.7. The van der Waals surface area contributed by atoms with Gasteiger partial charge in [-0.25, -0.2) is 0 Å². The molecule has 0 N–H and O–H groups in total. The maximum Gasteiger partial charge on any atom is 0.254 e. The maximum atomic E-state index is 12.7. The second kappa shape index (κ2) is 8.25. The molecule has 0 aliphatic carbocycles. The molecule has 0 atom stereocenters. The van der Waals surface area contributed by atoms with E-state index < -0.39 is 0 Å². The molecular weight excluding hydrogens is 304 g/mol. The van der Waals surface area contributed by atoms with Crippen molar-refractivity contribution in [2.24, 2.45) is 0 Å². The lowest BCUT2D eigenvalue weighted by Gasteiger charge is -2.21. The van der Waals surface area contributed by atoms with Crippen LogP contribution in [0.4, 0.5) is 0 Å². The van der Waals surface area contributed by atoms with Gasteiger partial charge in [-0.1, -0.05) is 0 Å². The third kappa shape index (κ3) is 4.05. The number of halogens is 1. The van der Waals surface area contributed by atoms with Gasteiger partial charge in [0.2, 0.25) is 0 Å². The molecule has 1 aromatic rings. The van der Waals surface area contributed by atoms with E-state index in [2.05, 4.69) is 11.9 Å². The lowest BCUT2D eigenvalue weighted by molar-refractivity contribution is -0.0000147. The van der Waals surface area contributed by atoms with E-state index in [1.54, 1.807) is 26.4 Å². The van der Waals surface area contributed by atoms with E-state index in [1.165, 1.54) is 0 Å². The van der Waals surface area contributed by atoms with E-state index in [4.69, 9.17) is 9.47 Å². The predicted molar refractivity (Wildman–Crippen MR) is 82.3 cm³/mol. The molecule has 0 aromatic heterocycles. The summed E-state index contributed by atoms with van der Waals surface area (Å²) < 4.78 is 10.7. The first-order valence-corrected chi connectivity index (χ1v) is 7.27. The summed E-state index contributed by atoms with van der Waals surface area (Å²) in [6, 6.07) is 3.60. The standard InChI is InChI=1S/C16H24N2O3.ClH/c1-12-14(20-3)10-13(11-15(12)21-4)16(19)18-7-5-6-17(2)8-9-18;/h10-11H,5-9H2,1-4H3;1H/p-1. The van der Waals surface area contributed by atoms with Crippen LogP contribution in [-0.4, -0.2) is 63.2 Å². The normalized spacial score (nSPS) is 15.7. The smallest absolute Gasteiger partial charge is 0.254 e. The fourth-order valence-corrected chi connectivity index (χ4v) is 2.64. The van der Waals surface area contributed by atoms with Crippen molar-refractivity contribution in [1.29, 1.82) is 0 Å². The number of carbonyl (C=O) groups is 1. The number of likely N-dealkylation sites (N-methyl/N-ethyl adjacent to an activating group) is 1. The quantitative estimate of drug-likeness (QED) is 0.699. The molecule has 1 aliphatic heterocycles. The van der Waals surface area contributed by atoms with E-state index in [9.17, 15) is 4.79 Å². The highest BCUT2D eigenvalue weighted by atomic mass is 35.5. The summed E-state index contributed by atoms with van der Waals surface area (Å²) >= 11 is 0. The molecule has 1 heterocycles. The molecule has 2 rings (SSSR count). The van der Waals surface area contributed by atoms with Crippen molar-refractivity contribution in [3.63, 3.8) is 0 Å². The molecule has 0 saturated carbocycles. The Morgan fingerprint density at radius 2 is 1.64 bits per heavy atom. The summed E-state index contributed by atoms with van der Waals surface area (Å²) in [7, 11) is 5.31. The number of hydrogen-bond donors (Lipinski definition) is 0. The predicted octanol–water partition coefficient (Wildman–Crippen LogP) is -1.21. The Morgan fingerprint density at radius 1 is 1.05 bits per heavy atom. The van der Waals surface area contributed by atoms with Gasteiger partial charge >= 0.3 is 0 Å². The first-order chi connectivity index (χ1) is 10.1. The minimum Gasteiger partial charge on any atom is -1.00 e. The molecule has 1 aromatic carbocycles. The van der Waals surface area contributed by atoms with Gasteiger partial charge in [0.1, 0.15) is 11.5 Å². The number of methoxy groups -OCH3 is 2. The third-order valence-electron chi connectivity index (χ3n) is 4.01. The van der Waals surface area contributed by atoms with Gasteiger partial charge in [0.15, 0.2) is 0 Å². The minimum atomic E-state index is 0. The van der Waals surface area contributed by atoms with Crippen molar-refractivity contribution in [2.45, 2.75) is 13.3 Å². The van der Waals surface area contributed by atoms with Crippen molar-refractivity contribution >= 4 is 5.91 Å². The van der Waals surface area contributed by atoms with Gasteiger partial charge < -0.3 is 31.7 Å². The zero-order chi connectivity index (χ0) is 15.4. The van der Waals surface area contributed by atoms with E-state index in [-0.39, 0.29) is 18.3 Å². The van der Waals surface area contributed by atoms with Crippen LogP contribution in [0.3, 0.4) is 0 Å². The van der Waals surface area contributed by atoms with Crippen LogP contribution in [0.15, 0.2) is 12.1 Å². The van der Waals surface area contributed by atoms with Crippen LogP contribution in [-0.2, 0) is 0 Å². The summed E-state index contributed by atoms with van der Waals surface area (Å²) in [5.74, 6) is 1.41. The molecule has 0 radical (unpaired) electrons. The molecular formula is C16H24ClN2O3-. The lowest BCUT2D eigenvalue weighted by Crippen LogP contribution is -3.00. The lowest BCUT2D eigenvalue weighted by atomic mass is 10.1. The molecule has 124 valence electrons. The van der Waals surface area contributed by atoms with Crippen LogP contribution in [0.2, 0.25) is 0 Å².